The number of hydrogen-bond acceptors (Lipinski definition) is 4. The molecule has 0 unspecified atom stereocenters. The molecule has 0 aliphatic rings. The van der Waals surface area contributed by atoms with Gasteiger partial charge in [-0.1, -0.05) is 12.2 Å². The summed E-state index contributed by atoms with van der Waals surface area (Å²) < 4.78 is 15.2. The van der Waals surface area contributed by atoms with Crippen LogP contribution in [0.1, 0.15) is 5.56 Å². The number of ether oxygens (including phenoxy) is 3. The minimum atomic E-state index is 0.169. The van der Waals surface area contributed by atoms with Crippen molar-refractivity contribution in [3.8, 4) is 11.5 Å². The summed E-state index contributed by atoms with van der Waals surface area (Å²) in [7, 11) is 3.11. The van der Waals surface area contributed by atoms with Crippen LogP contribution in [0.15, 0.2) is 18.2 Å². The molecule has 0 spiro atoms. The molecule has 1 rings (SSSR count). The second-order valence-electron chi connectivity index (χ2n) is 2.78. The lowest BCUT2D eigenvalue weighted by atomic mass is 10.2. The van der Waals surface area contributed by atoms with Crippen molar-refractivity contribution in [1.29, 1.82) is 0 Å². The summed E-state index contributed by atoms with van der Waals surface area (Å²) in [6, 6.07) is 5.25. The first-order valence-electron chi connectivity index (χ1n) is 4.28. The van der Waals surface area contributed by atoms with Crippen molar-refractivity contribution >= 4 is 17.2 Å². The first-order valence-corrected chi connectivity index (χ1v) is 4.69. The molecule has 2 N–H and O–H groups in total. The molecular formula is C10H13NO3S. The molecule has 82 valence electrons. The van der Waals surface area contributed by atoms with Gasteiger partial charge in [0.25, 0.3) is 0 Å². The highest BCUT2D eigenvalue weighted by molar-refractivity contribution is 7.80. The summed E-state index contributed by atoms with van der Waals surface area (Å²) in [5.74, 6) is 1.18. The van der Waals surface area contributed by atoms with E-state index in [0.29, 0.717) is 16.5 Å². The maximum absolute atomic E-state index is 5.50. The van der Waals surface area contributed by atoms with E-state index in [9.17, 15) is 0 Å². The molecule has 0 fully saturated rings. The maximum atomic E-state index is 5.50. The van der Waals surface area contributed by atoms with E-state index >= 15 is 0 Å². The molecule has 1 aromatic carbocycles. The maximum Gasteiger partial charge on any atom is 0.188 e. The van der Waals surface area contributed by atoms with E-state index in [4.69, 9.17) is 32.2 Å². The zero-order valence-electron chi connectivity index (χ0n) is 8.65. The fourth-order valence-corrected chi connectivity index (χ4v) is 1.19. The molecule has 0 bridgehead atoms. The fourth-order valence-electron chi connectivity index (χ4n) is 1.06. The second-order valence-corrected chi connectivity index (χ2v) is 3.22. The van der Waals surface area contributed by atoms with Gasteiger partial charge in [-0.15, -0.1) is 0 Å². The number of nitrogens with two attached hydrogens (primary N) is 1. The van der Waals surface area contributed by atoms with Crippen molar-refractivity contribution in [2.75, 3.05) is 21.0 Å². The van der Waals surface area contributed by atoms with Crippen molar-refractivity contribution in [3.05, 3.63) is 23.8 Å². The summed E-state index contributed by atoms with van der Waals surface area (Å²) >= 11 is 4.86. The molecule has 0 atom stereocenters. The van der Waals surface area contributed by atoms with E-state index in [2.05, 4.69) is 0 Å². The van der Waals surface area contributed by atoms with Crippen LogP contribution in [0.4, 0.5) is 0 Å². The Balaban J connectivity index is 2.93. The second kappa shape index (κ2) is 5.53. The molecular weight excluding hydrogens is 214 g/mol. The molecule has 0 saturated heterocycles. The van der Waals surface area contributed by atoms with Gasteiger partial charge in [-0.25, -0.2) is 0 Å². The molecule has 0 amide bonds. The van der Waals surface area contributed by atoms with E-state index < -0.39 is 0 Å². The normalized spacial score (nSPS) is 9.73. The van der Waals surface area contributed by atoms with Crippen LogP contribution >= 0.6 is 12.2 Å². The third-order valence-electron chi connectivity index (χ3n) is 1.78. The minimum absolute atomic E-state index is 0.169. The fraction of sp³-hybridized carbons (Fsp3) is 0.300. The number of hydrogen-bond donors (Lipinski definition) is 1. The summed E-state index contributed by atoms with van der Waals surface area (Å²) in [5.41, 5.74) is 6.24. The smallest absolute Gasteiger partial charge is 0.188 e. The number of benzene rings is 1. The lowest BCUT2D eigenvalue weighted by Crippen LogP contribution is -2.09. The summed E-state index contributed by atoms with van der Waals surface area (Å²) in [4.78, 5) is 0.326. The van der Waals surface area contributed by atoms with Gasteiger partial charge in [0.2, 0.25) is 0 Å². The van der Waals surface area contributed by atoms with Crippen LogP contribution in [0.2, 0.25) is 0 Å². The van der Waals surface area contributed by atoms with Crippen LogP contribution in [0.5, 0.6) is 11.5 Å². The van der Waals surface area contributed by atoms with E-state index in [1.807, 2.05) is 0 Å². The third kappa shape index (κ3) is 3.07. The van der Waals surface area contributed by atoms with Crippen LogP contribution in [-0.2, 0) is 4.74 Å². The van der Waals surface area contributed by atoms with Gasteiger partial charge >= 0.3 is 0 Å². The summed E-state index contributed by atoms with van der Waals surface area (Å²) in [6.45, 7) is 0.169. The van der Waals surface area contributed by atoms with Gasteiger partial charge in [0.05, 0.1) is 7.11 Å². The highest BCUT2D eigenvalue weighted by Crippen LogP contribution is 2.27. The third-order valence-corrected chi connectivity index (χ3v) is 2.02. The number of methoxy groups -OCH3 is 2. The van der Waals surface area contributed by atoms with E-state index in [1.54, 1.807) is 32.4 Å². The minimum Gasteiger partial charge on any atom is -0.493 e. The first-order chi connectivity index (χ1) is 7.19. The predicted molar refractivity (Wildman–Crippen MR) is 61.4 cm³/mol. The molecule has 0 radical (unpaired) electrons. The monoisotopic (exact) mass is 227 g/mol. The Kier molecular flexibility index (Phi) is 4.33. The molecule has 4 nitrogen and oxygen atoms in total. The molecule has 5 heteroatoms. The zero-order valence-corrected chi connectivity index (χ0v) is 9.47. The lowest BCUT2D eigenvalue weighted by molar-refractivity contribution is 0.0491. The van der Waals surface area contributed by atoms with Crippen LogP contribution < -0.4 is 15.2 Å². The molecule has 15 heavy (non-hydrogen) atoms. The zero-order chi connectivity index (χ0) is 11.3. The average molecular weight is 227 g/mol. The Labute approximate surface area is 93.9 Å². The highest BCUT2D eigenvalue weighted by atomic mass is 32.1. The standard InChI is InChI=1S/C10H13NO3S/c1-12-6-14-8-4-3-7(10(11)15)5-9(8)13-2/h3-5H,6H2,1-2H3,(H2,11,15). The van der Waals surface area contributed by atoms with Gasteiger partial charge in [-0.05, 0) is 18.2 Å². The van der Waals surface area contributed by atoms with E-state index in [0.717, 1.165) is 5.56 Å². The molecule has 0 saturated carbocycles. The van der Waals surface area contributed by atoms with Crippen molar-refractivity contribution in [2.45, 2.75) is 0 Å². The van der Waals surface area contributed by atoms with Gasteiger partial charge in [0, 0.05) is 12.7 Å². The van der Waals surface area contributed by atoms with Crippen molar-refractivity contribution in [2.24, 2.45) is 5.73 Å². The van der Waals surface area contributed by atoms with Gasteiger partial charge in [0.1, 0.15) is 4.99 Å². The van der Waals surface area contributed by atoms with Gasteiger partial charge < -0.3 is 19.9 Å². The Morgan fingerprint density at radius 2 is 2.07 bits per heavy atom. The largest absolute Gasteiger partial charge is 0.493 e. The number of rotatable bonds is 5. The van der Waals surface area contributed by atoms with Gasteiger partial charge in [-0.3, -0.25) is 0 Å². The van der Waals surface area contributed by atoms with Crippen LogP contribution in [0.3, 0.4) is 0 Å². The van der Waals surface area contributed by atoms with Gasteiger partial charge in [-0.2, -0.15) is 0 Å². The molecule has 0 aliphatic heterocycles. The summed E-state index contributed by atoms with van der Waals surface area (Å²) in [5, 5.41) is 0. The van der Waals surface area contributed by atoms with E-state index in [1.165, 1.54) is 0 Å². The Bertz CT molecular complexity index is 355. The SMILES string of the molecule is COCOc1ccc(C(N)=S)cc1OC. The van der Waals surface area contributed by atoms with Gasteiger partial charge in [0.15, 0.2) is 18.3 Å². The van der Waals surface area contributed by atoms with Crippen molar-refractivity contribution in [1.82, 2.24) is 0 Å². The highest BCUT2D eigenvalue weighted by Gasteiger charge is 2.06. The molecule has 0 heterocycles. The average Bonchev–Trinajstić information content (AvgIpc) is 2.25. The topological polar surface area (TPSA) is 53.7 Å². The van der Waals surface area contributed by atoms with Crippen LogP contribution in [0, 0.1) is 0 Å². The number of thiocarbonyl (C=S) groups is 1. The van der Waals surface area contributed by atoms with Crippen LogP contribution in [-0.4, -0.2) is 26.0 Å². The Hall–Kier alpha value is -1.33. The van der Waals surface area contributed by atoms with Crippen LogP contribution in [0.25, 0.3) is 0 Å². The first kappa shape index (κ1) is 11.7. The Morgan fingerprint density at radius 1 is 1.33 bits per heavy atom. The molecule has 0 aliphatic carbocycles. The van der Waals surface area contributed by atoms with E-state index in [-0.39, 0.29) is 6.79 Å². The summed E-state index contributed by atoms with van der Waals surface area (Å²) in [6.07, 6.45) is 0. The quantitative estimate of drug-likeness (QED) is 0.607. The molecule has 0 aromatic heterocycles. The predicted octanol–water partition coefficient (Wildman–Crippen LogP) is 1.31. The van der Waals surface area contributed by atoms with Crippen molar-refractivity contribution < 1.29 is 14.2 Å². The molecule has 1 aromatic rings. The van der Waals surface area contributed by atoms with Crippen molar-refractivity contribution in [3.63, 3.8) is 0 Å². The lowest BCUT2D eigenvalue weighted by Gasteiger charge is -2.10. The Morgan fingerprint density at radius 3 is 2.60 bits per heavy atom.